The van der Waals surface area contributed by atoms with Gasteiger partial charge in [-0.3, -0.25) is 14.3 Å². The summed E-state index contributed by atoms with van der Waals surface area (Å²) in [5, 5.41) is 7.39. The number of anilines is 2. The van der Waals surface area contributed by atoms with Crippen molar-refractivity contribution >= 4 is 23.3 Å². The topological polar surface area (TPSA) is 85.7 Å². The third-order valence-electron chi connectivity index (χ3n) is 5.07. The lowest BCUT2D eigenvalue weighted by Crippen LogP contribution is -2.28. The zero-order chi connectivity index (χ0) is 21.3. The van der Waals surface area contributed by atoms with E-state index in [2.05, 4.69) is 31.2 Å². The van der Waals surface area contributed by atoms with Crippen LogP contribution in [0.4, 0.5) is 11.5 Å². The summed E-state index contributed by atoms with van der Waals surface area (Å²) in [5.41, 5.74) is 1.37. The van der Waals surface area contributed by atoms with Crippen LogP contribution in [0.1, 0.15) is 32.9 Å². The van der Waals surface area contributed by atoms with Gasteiger partial charge in [0.1, 0.15) is 17.3 Å². The van der Waals surface area contributed by atoms with Gasteiger partial charge in [-0.15, -0.1) is 0 Å². The van der Waals surface area contributed by atoms with E-state index in [0.29, 0.717) is 23.0 Å². The lowest BCUT2D eigenvalue weighted by molar-refractivity contribution is -0.122. The number of hydrogen-bond donors (Lipinski definition) is 1. The fraction of sp³-hybridized carbons (Fsp3) is 0.476. The first-order valence-corrected chi connectivity index (χ1v) is 9.51. The number of benzene rings is 1. The van der Waals surface area contributed by atoms with Crippen molar-refractivity contribution in [3.8, 4) is 11.5 Å². The highest BCUT2D eigenvalue weighted by molar-refractivity contribution is 6.04. The molecule has 29 heavy (non-hydrogen) atoms. The molecule has 2 heterocycles. The summed E-state index contributed by atoms with van der Waals surface area (Å²) in [6.07, 6.45) is 0.135. The van der Waals surface area contributed by atoms with E-state index < -0.39 is 5.92 Å². The Bertz CT molecular complexity index is 929. The van der Waals surface area contributed by atoms with Gasteiger partial charge in [-0.2, -0.15) is 5.10 Å². The second kappa shape index (κ2) is 7.77. The Morgan fingerprint density at radius 1 is 1.21 bits per heavy atom. The van der Waals surface area contributed by atoms with Gasteiger partial charge >= 0.3 is 0 Å². The molecule has 1 atom stereocenters. The summed E-state index contributed by atoms with van der Waals surface area (Å²) in [7, 11) is 4.90. The molecule has 1 fully saturated rings. The van der Waals surface area contributed by atoms with E-state index in [1.54, 1.807) is 49.0 Å². The first-order chi connectivity index (χ1) is 13.6. The summed E-state index contributed by atoms with van der Waals surface area (Å²) in [6.45, 7) is 6.47. The lowest BCUT2D eigenvalue weighted by atomic mass is 9.92. The largest absolute Gasteiger partial charge is 0.497 e. The van der Waals surface area contributed by atoms with Gasteiger partial charge in [0.25, 0.3) is 0 Å². The summed E-state index contributed by atoms with van der Waals surface area (Å²) < 4.78 is 12.3. The molecule has 3 rings (SSSR count). The van der Waals surface area contributed by atoms with Crippen LogP contribution in [0.2, 0.25) is 0 Å². The first-order valence-electron chi connectivity index (χ1n) is 9.51. The number of carbonyl (C=O) groups is 2. The number of nitrogens with zero attached hydrogens (tertiary/aromatic N) is 3. The molecule has 1 aliphatic heterocycles. The number of aryl methyl sites for hydroxylation is 1. The molecule has 0 saturated carbocycles. The Morgan fingerprint density at radius 3 is 2.52 bits per heavy atom. The van der Waals surface area contributed by atoms with E-state index >= 15 is 0 Å². The van der Waals surface area contributed by atoms with E-state index in [1.807, 2.05) is 6.07 Å². The van der Waals surface area contributed by atoms with Crippen molar-refractivity contribution < 1.29 is 19.1 Å². The standard InChI is InChI=1S/C21H28N4O4/c1-21(2,3)17-11-18(24(4)23-17)22-20(27)13-9-19(26)25(12-13)15-10-14(28-5)7-8-16(15)29-6/h7-8,10-11,13H,9,12H2,1-6H3,(H,22,27). The molecule has 0 bridgehead atoms. The van der Waals surface area contributed by atoms with Crippen molar-refractivity contribution in [3.63, 3.8) is 0 Å². The maximum atomic E-state index is 12.8. The van der Waals surface area contributed by atoms with Crippen LogP contribution in [-0.4, -0.2) is 42.4 Å². The smallest absolute Gasteiger partial charge is 0.230 e. The van der Waals surface area contributed by atoms with Crippen molar-refractivity contribution in [2.75, 3.05) is 31.0 Å². The molecule has 0 radical (unpaired) electrons. The van der Waals surface area contributed by atoms with E-state index in [-0.39, 0.29) is 30.2 Å². The molecule has 8 nitrogen and oxygen atoms in total. The van der Waals surface area contributed by atoms with Crippen LogP contribution in [0.25, 0.3) is 0 Å². The van der Waals surface area contributed by atoms with Gasteiger partial charge in [-0.1, -0.05) is 20.8 Å². The van der Waals surface area contributed by atoms with Gasteiger partial charge in [-0.05, 0) is 12.1 Å². The predicted octanol–water partition coefficient (Wildman–Crippen LogP) is 2.73. The van der Waals surface area contributed by atoms with Crippen molar-refractivity contribution in [3.05, 3.63) is 30.0 Å². The Hall–Kier alpha value is -3.03. The maximum Gasteiger partial charge on any atom is 0.230 e. The van der Waals surface area contributed by atoms with Crippen molar-refractivity contribution in [1.29, 1.82) is 0 Å². The minimum Gasteiger partial charge on any atom is -0.497 e. The number of amides is 2. The third kappa shape index (κ3) is 4.21. The van der Waals surface area contributed by atoms with E-state index in [9.17, 15) is 9.59 Å². The van der Waals surface area contributed by atoms with Gasteiger partial charge in [-0.25, -0.2) is 0 Å². The molecule has 8 heteroatoms. The van der Waals surface area contributed by atoms with Crippen molar-refractivity contribution in [1.82, 2.24) is 9.78 Å². The fourth-order valence-electron chi connectivity index (χ4n) is 3.30. The first kappa shape index (κ1) is 20.7. The zero-order valence-corrected chi connectivity index (χ0v) is 17.8. The molecule has 1 aromatic heterocycles. The number of hydrogen-bond acceptors (Lipinski definition) is 5. The second-order valence-electron chi connectivity index (χ2n) is 8.22. The van der Waals surface area contributed by atoms with Crippen LogP contribution in [0.15, 0.2) is 24.3 Å². The number of ether oxygens (including phenoxy) is 2. The molecule has 1 unspecified atom stereocenters. The number of nitrogens with one attached hydrogen (secondary N) is 1. The summed E-state index contributed by atoms with van der Waals surface area (Å²) >= 11 is 0. The van der Waals surface area contributed by atoms with Crippen LogP contribution in [-0.2, 0) is 22.1 Å². The number of aromatic nitrogens is 2. The van der Waals surface area contributed by atoms with Gasteiger partial charge in [0, 0.05) is 37.6 Å². The summed E-state index contributed by atoms with van der Waals surface area (Å²) in [4.78, 5) is 27.1. The van der Waals surface area contributed by atoms with E-state index in [4.69, 9.17) is 9.47 Å². The zero-order valence-electron chi connectivity index (χ0n) is 17.8. The maximum absolute atomic E-state index is 12.8. The lowest BCUT2D eigenvalue weighted by Gasteiger charge is -2.20. The molecule has 1 aliphatic rings. The Balaban J connectivity index is 1.77. The normalized spacial score (nSPS) is 16.8. The molecule has 1 saturated heterocycles. The highest BCUT2D eigenvalue weighted by Gasteiger charge is 2.37. The number of carbonyl (C=O) groups excluding carboxylic acids is 2. The molecule has 1 aromatic carbocycles. The average Bonchev–Trinajstić information content (AvgIpc) is 3.24. The second-order valence-corrected chi connectivity index (χ2v) is 8.22. The molecule has 0 aliphatic carbocycles. The number of methoxy groups -OCH3 is 2. The SMILES string of the molecule is COc1ccc(OC)c(N2CC(C(=O)Nc3cc(C(C)(C)C)nn3C)CC2=O)c1. The van der Waals surface area contributed by atoms with Gasteiger partial charge in [0.2, 0.25) is 11.8 Å². The van der Waals surface area contributed by atoms with Crippen LogP contribution in [0, 0.1) is 5.92 Å². The van der Waals surface area contributed by atoms with E-state index in [0.717, 1.165) is 5.69 Å². The Morgan fingerprint density at radius 2 is 1.93 bits per heavy atom. The van der Waals surface area contributed by atoms with Crippen LogP contribution >= 0.6 is 0 Å². The molecule has 2 amide bonds. The molecule has 0 spiro atoms. The van der Waals surface area contributed by atoms with Crippen LogP contribution in [0.5, 0.6) is 11.5 Å². The third-order valence-corrected chi connectivity index (χ3v) is 5.07. The molecule has 156 valence electrons. The highest BCUT2D eigenvalue weighted by atomic mass is 16.5. The quantitative estimate of drug-likeness (QED) is 0.834. The minimum absolute atomic E-state index is 0.121. The molecule has 1 N–H and O–H groups in total. The van der Waals surface area contributed by atoms with Gasteiger partial charge in [0.15, 0.2) is 0 Å². The Kier molecular flexibility index (Phi) is 5.55. The predicted molar refractivity (Wildman–Crippen MR) is 111 cm³/mol. The monoisotopic (exact) mass is 400 g/mol. The van der Waals surface area contributed by atoms with Gasteiger partial charge < -0.3 is 19.7 Å². The molecule has 2 aromatic rings. The highest BCUT2D eigenvalue weighted by Crippen LogP contribution is 2.36. The molecular weight excluding hydrogens is 372 g/mol. The number of rotatable bonds is 5. The Labute approximate surface area is 170 Å². The average molecular weight is 400 g/mol. The molecular formula is C21H28N4O4. The summed E-state index contributed by atoms with van der Waals surface area (Å²) in [5.74, 6) is 0.993. The van der Waals surface area contributed by atoms with E-state index in [1.165, 1.54) is 0 Å². The fourth-order valence-corrected chi connectivity index (χ4v) is 3.30. The minimum atomic E-state index is -0.466. The van der Waals surface area contributed by atoms with Crippen LogP contribution in [0.3, 0.4) is 0 Å². The van der Waals surface area contributed by atoms with Crippen LogP contribution < -0.4 is 19.7 Å². The summed E-state index contributed by atoms with van der Waals surface area (Å²) in [6, 6.07) is 7.13. The van der Waals surface area contributed by atoms with Gasteiger partial charge in [0.05, 0.1) is 31.5 Å². The van der Waals surface area contributed by atoms with Crippen molar-refractivity contribution in [2.24, 2.45) is 13.0 Å². The van der Waals surface area contributed by atoms with Crippen molar-refractivity contribution in [2.45, 2.75) is 32.6 Å².